The van der Waals surface area contributed by atoms with Crippen molar-refractivity contribution in [2.45, 2.75) is 98.3 Å². The van der Waals surface area contributed by atoms with Gasteiger partial charge < -0.3 is 10.9 Å². The van der Waals surface area contributed by atoms with Gasteiger partial charge in [-0.3, -0.25) is 4.79 Å². The van der Waals surface area contributed by atoms with E-state index < -0.39 is 0 Å². The summed E-state index contributed by atoms with van der Waals surface area (Å²) in [5, 5.41) is 0. The lowest BCUT2D eigenvalue weighted by Crippen LogP contribution is -2.17. The van der Waals surface area contributed by atoms with Gasteiger partial charge in [-0.15, -0.1) is 0 Å². The van der Waals surface area contributed by atoms with Gasteiger partial charge in [-0.05, 0) is 18.3 Å². The van der Waals surface area contributed by atoms with E-state index in [-0.39, 0.29) is 12.1 Å². The minimum absolute atomic E-state index is 0. The number of hydrogen-bond donors (Lipinski definition) is 1. The van der Waals surface area contributed by atoms with E-state index in [1.54, 1.807) is 0 Å². The Balaban J connectivity index is 0. The average Bonchev–Trinajstić information content (AvgIpc) is 2.45. The zero-order valence-corrected chi connectivity index (χ0v) is 15.0. The third-order valence-electron chi connectivity index (χ3n) is 4.91. The van der Waals surface area contributed by atoms with E-state index in [4.69, 9.17) is 4.74 Å². The summed E-state index contributed by atoms with van der Waals surface area (Å²) in [6, 6.07) is 0. The van der Waals surface area contributed by atoms with Crippen LogP contribution in [0.3, 0.4) is 0 Å². The molecule has 0 bridgehead atoms. The Hall–Kier alpha value is -0.570. The molecule has 3 nitrogen and oxygen atoms in total. The molecule has 0 aliphatic carbocycles. The Morgan fingerprint density at radius 2 is 1.24 bits per heavy atom. The van der Waals surface area contributed by atoms with Gasteiger partial charge in [-0.1, -0.05) is 78.6 Å². The van der Waals surface area contributed by atoms with Crippen LogP contribution in [0.2, 0.25) is 0 Å². The molecule has 0 fully saturated rings. The van der Waals surface area contributed by atoms with Crippen LogP contribution in [0.5, 0.6) is 0 Å². The molecule has 128 valence electrons. The second kappa shape index (κ2) is 14.4. The van der Waals surface area contributed by atoms with Gasteiger partial charge in [0.2, 0.25) is 0 Å². The molecule has 0 aromatic rings. The predicted molar refractivity (Wildman–Crippen MR) is 91.9 cm³/mol. The summed E-state index contributed by atoms with van der Waals surface area (Å²) in [5.41, 5.74) is 0.615. The first-order chi connectivity index (χ1) is 9.60. The first-order valence-corrected chi connectivity index (χ1v) is 8.73. The lowest BCUT2D eigenvalue weighted by atomic mass is 9.75. The topological polar surface area (TPSA) is 61.3 Å². The summed E-state index contributed by atoms with van der Waals surface area (Å²) in [4.78, 5) is 10.6. The first kappa shape index (κ1) is 22.7. The van der Waals surface area contributed by atoms with Crippen LogP contribution in [0.15, 0.2) is 0 Å². The maximum Gasteiger partial charge on any atom is 0.302 e. The number of carbonyl (C=O) groups is 1. The van der Waals surface area contributed by atoms with E-state index in [9.17, 15) is 4.79 Å². The quantitative estimate of drug-likeness (QED) is 0.333. The zero-order chi connectivity index (χ0) is 15.3. The number of unbranched alkanes of at least 4 members (excludes halogenated alkanes) is 6. The largest absolute Gasteiger partial charge is 0.466 e. The van der Waals surface area contributed by atoms with Crippen LogP contribution in [0.1, 0.15) is 98.3 Å². The third-order valence-corrected chi connectivity index (χ3v) is 4.91. The van der Waals surface area contributed by atoms with E-state index in [1.165, 1.54) is 71.1 Å². The monoisotopic (exact) mass is 301 g/mol. The van der Waals surface area contributed by atoms with E-state index in [0.29, 0.717) is 12.0 Å². The van der Waals surface area contributed by atoms with Crippen LogP contribution in [-0.2, 0) is 9.53 Å². The van der Waals surface area contributed by atoms with Gasteiger partial charge in [0, 0.05) is 6.92 Å². The Morgan fingerprint density at radius 3 is 1.67 bits per heavy atom. The molecule has 0 aromatic carbocycles. The highest BCUT2D eigenvalue weighted by Gasteiger charge is 2.22. The number of esters is 1. The second-order valence-electron chi connectivity index (χ2n) is 6.13. The van der Waals surface area contributed by atoms with Gasteiger partial charge >= 0.3 is 5.97 Å². The predicted octanol–water partition coefficient (Wildman–Crippen LogP) is 6.05. The van der Waals surface area contributed by atoms with Crippen LogP contribution >= 0.6 is 0 Å². The highest BCUT2D eigenvalue weighted by atomic mass is 16.5. The lowest BCUT2D eigenvalue weighted by Gasteiger charge is -2.30. The Morgan fingerprint density at radius 1 is 0.810 bits per heavy atom. The molecule has 0 amide bonds. The Kier molecular flexibility index (Phi) is 15.5. The van der Waals surface area contributed by atoms with Crippen molar-refractivity contribution in [2.75, 3.05) is 6.61 Å². The average molecular weight is 302 g/mol. The number of carbonyl (C=O) groups excluding carboxylic acids is 1. The molecule has 0 unspecified atom stereocenters. The molecule has 0 radical (unpaired) electrons. The van der Waals surface area contributed by atoms with Crippen molar-refractivity contribution >= 4 is 5.97 Å². The summed E-state index contributed by atoms with van der Waals surface area (Å²) in [6.45, 7) is 9.10. The molecule has 0 saturated heterocycles. The van der Waals surface area contributed by atoms with Crippen molar-refractivity contribution in [2.24, 2.45) is 5.41 Å². The maximum atomic E-state index is 10.6. The molecule has 0 rings (SSSR count). The summed E-state index contributed by atoms with van der Waals surface area (Å²) in [5.74, 6) is -0.156. The van der Waals surface area contributed by atoms with Gasteiger partial charge in [0.25, 0.3) is 0 Å². The summed E-state index contributed by atoms with van der Waals surface area (Å²) < 4.78 is 4.92. The number of ether oxygens (including phenoxy) is 1. The molecular weight excluding hydrogens is 262 g/mol. The molecule has 0 heterocycles. The van der Waals surface area contributed by atoms with Crippen LogP contribution in [-0.4, -0.2) is 12.6 Å². The van der Waals surface area contributed by atoms with Crippen molar-refractivity contribution in [3.63, 3.8) is 0 Å². The van der Waals surface area contributed by atoms with Crippen molar-refractivity contribution in [1.29, 1.82) is 0 Å². The van der Waals surface area contributed by atoms with E-state index in [1.807, 2.05) is 0 Å². The minimum Gasteiger partial charge on any atom is -0.466 e. The second-order valence-corrected chi connectivity index (χ2v) is 6.13. The molecule has 3 heteroatoms. The fourth-order valence-electron chi connectivity index (χ4n) is 2.98. The molecule has 0 spiro atoms. The van der Waals surface area contributed by atoms with Gasteiger partial charge in [0.1, 0.15) is 0 Å². The standard InChI is InChI=1S/C18H36O2.H3N/c1-5-18(6-2,7-3)15-13-11-9-8-10-12-14-16-20-17(4)19;/h5-16H2,1-4H3;1H3. The lowest BCUT2D eigenvalue weighted by molar-refractivity contribution is -0.141. The fourth-order valence-corrected chi connectivity index (χ4v) is 2.98. The summed E-state index contributed by atoms with van der Waals surface area (Å²) in [7, 11) is 0. The summed E-state index contributed by atoms with van der Waals surface area (Å²) >= 11 is 0. The van der Waals surface area contributed by atoms with Crippen molar-refractivity contribution in [3.8, 4) is 0 Å². The summed E-state index contributed by atoms with van der Waals surface area (Å²) in [6.07, 6.45) is 14.3. The van der Waals surface area contributed by atoms with Gasteiger partial charge in [-0.25, -0.2) is 0 Å². The number of rotatable bonds is 13. The van der Waals surface area contributed by atoms with Crippen LogP contribution in [0.25, 0.3) is 0 Å². The third kappa shape index (κ3) is 11.7. The minimum atomic E-state index is -0.156. The van der Waals surface area contributed by atoms with Gasteiger partial charge in [0.15, 0.2) is 0 Å². The molecule has 0 aliphatic heterocycles. The maximum absolute atomic E-state index is 10.6. The molecule has 0 aromatic heterocycles. The molecule has 21 heavy (non-hydrogen) atoms. The van der Waals surface area contributed by atoms with Gasteiger partial charge in [-0.2, -0.15) is 0 Å². The zero-order valence-electron chi connectivity index (χ0n) is 15.0. The fraction of sp³-hybridized carbons (Fsp3) is 0.944. The van der Waals surface area contributed by atoms with E-state index in [0.717, 1.165) is 6.42 Å². The number of hydrogen-bond acceptors (Lipinski definition) is 3. The smallest absolute Gasteiger partial charge is 0.302 e. The molecule has 3 N–H and O–H groups in total. The van der Waals surface area contributed by atoms with E-state index >= 15 is 0 Å². The van der Waals surface area contributed by atoms with E-state index in [2.05, 4.69) is 20.8 Å². The molecule has 0 saturated carbocycles. The van der Waals surface area contributed by atoms with Crippen molar-refractivity contribution in [1.82, 2.24) is 6.15 Å². The van der Waals surface area contributed by atoms with Crippen molar-refractivity contribution in [3.05, 3.63) is 0 Å². The van der Waals surface area contributed by atoms with Crippen molar-refractivity contribution < 1.29 is 9.53 Å². The molecule has 0 atom stereocenters. The Bertz CT molecular complexity index is 229. The SMILES string of the molecule is CCC(CC)(CC)CCCCCCCCCOC(C)=O.N. The van der Waals surface area contributed by atoms with Gasteiger partial charge in [0.05, 0.1) is 6.61 Å². The normalized spacial score (nSPS) is 11.0. The highest BCUT2D eigenvalue weighted by Crippen LogP contribution is 2.36. The first-order valence-electron chi connectivity index (χ1n) is 8.73. The van der Waals surface area contributed by atoms with Crippen LogP contribution < -0.4 is 6.15 Å². The Labute approximate surface area is 132 Å². The molecule has 0 aliphatic rings. The highest BCUT2D eigenvalue weighted by molar-refractivity contribution is 5.65. The van der Waals surface area contributed by atoms with Crippen LogP contribution in [0, 0.1) is 5.41 Å². The van der Waals surface area contributed by atoms with Crippen LogP contribution in [0.4, 0.5) is 0 Å². The molecular formula is C18H39NO2.